The van der Waals surface area contributed by atoms with E-state index in [1.807, 2.05) is 0 Å². The number of phenolic OH excluding ortho intramolecular Hbond substituents is 5. The molecular formula is C25H26O13. The first kappa shape index (κ1) is 27.0. The van der Waals surface area contributed by atoms with Crippen molar-refractivity contribution < 1.29 is 59.5 Å². The summed E-state index contributed by atoms with van der Waals surface area (Å²) in [5.74, 6) is -5.27. The first-order valence-electron chi connectivity index (χ1n) is 11.5. The van der Waals surface area contributed by atoms with E-state index >= 15 is 0 Å². The minimum absolute atomic E-state index is 0.154. The topological polar surface area (TPSA) is 228 Å². The molecule has 0 amide bonds. The Morgan fingerprint density at radius 3 is 2.16 bits per heavy atom. The summed E-state index contributed by atoms with van der Waals surface area (Å²) in [6.07, 6.45) is -8.78. The summed E-state index contributed by atoms with van der Waals surface area (Å²) in [6.45, 7) is 2.72. The van der Waals surface area contributed by atoms with Gasteiger partial charge in [0.2, 0.25) is 0 Å². The number of aliphatic hydroxyl groups is 3. The molecule has 0 radical (unpaired) electrons. The van der Waals surface area contributed by atoms with Gasteiger partial charge in [-0.05, 0) is 12.1 Å². The Labute approximate surface area is 214 Å². The van der Waals surface area contributed by atoms with Crippen LogP contribution in [-0.4, -0.2) is 77.8 Å². The molecule has 4 rings (SSSR count). The molecule has 1 saturated heterocycles. The molecule has 0 spiro atoms. The monoisotopic (exact) mass is 534 g/mol. The Hall–Kier alpha value is -4.04. The number of ether oxygens (including phenoxy) is 2. The molecule has 0 aliphatic carbocycles. The average molecular weight is 534 g/mol. The SMILES string of the molecule is CC(C)c1cc(=O)c2c(O)c([C@@H]3O[C@H](CO)[C@@H](O)[C@H](O)[C@H]3OC(=O)c3cc(O)c(O)c(O)c3)c(O)cc2o1. The van der Waals surface area contributed by atoms with Gasteiger partial charge in [0, 0.05) is 18.1 Å². The zero-order chi connectivity index (χ0) is 28.0. The van der Waals surface area contributed by atoms with Gasteiger partial charge in [-0.25, -0.2) is 4.79 Å². The molecule has 0 saturated carbocycles. The number of benzene rings is 2. The number of carbonyl (C=O) groups is 1. The van der Waals surface area contributed by atoms with Crippen LogP contribution in [0.3, 0.4) is 0 Å². The Balaban J connectivity index is 1.83. The number of fused-ring (bicyclic) bond motifs is 1. The molecule has 38 heavy (non-hydrogen) atoms. The zero-order valence-electron chi connectivity index (χ0n) is 20.1. The van der Waals surface area contributed by atoms with Crippen LogP contribution in [0.5, 0.6) is 28.7 Å². The second kappa shape index (κ2) is 10.0. The molecule has 0 bridgehead atoms. The Kier molecular flexibility index (Phi) is 7.12. The third kappa shape index (κ3) is 4.56. The van der Waals surface area contributed by atoms with Crippen LogP contribution in [0, 0.1) is 0 Å². The molecule has 2 heterocycles. The van der Waals surface area contributed by atoms with E-state index in [1.54, 1.807) is 13.8 Å². The maximum absolute atomic E-state index is 12.8. The van der Waals surface area contributed by atoms with E-state index in [9.17, 15) is 50.4 Å². The third-order valence-corrected chi connectivity index (χ3v) is 6.30. The van der Waals surface area contributed by atoms with Crippen molar-refractivity contribution in [2.24, 2.45) is 0 Å². The molecule has 13 heteroatoms. The number of esters is 1. The maximum atomic E-state index is 12.8. The minimum atomic E-state index is -1.94. The van der Waals surface area contributed by atoms with Gasteiger partial charge in [-0.1, -0.05) is 13.8 Å². The highest BCUT2D eigenvalue weighted by Gasteiger charge is 2.49. The maximum Gasteiger partial charge on any atom is 0.338 e. The summed E-state index contributed by atoms with van der Waals surface area (Å²) in [7, 11) is 0. The summed E-state index contributed by atoms with van der Waals surface area (Å²) in [4.78, 5) is 25.7. The summed E-state index contributed by atoms with van der Waals surface area (Å²) < 4.78 is 16.5. The smallest absolute Gasteiger partial charge is 0.338 e. The van der Waals surface area contributed by atoms with Gasteiger partial charge in [0.15, 0.2) is 28.8 Å². The number of hydrogen-bond acceptors (Lipinski definition) is 13. The molecule has 8 N–H and O–H groups in total. The summed E-state index contributed by atoms with van der Waals surface area (Å²) in [5.41, 5.74) is -1.79. The van der Waals surface area contributed by atoms with Crippen LogP contribution in [0.4, 0.5) is 0 Å². The van der Waals surface area contributed by atoms with Crippen molar-refractivity contribution in [3.05, 3.63) is 51.4 Å². The lowest BCUT2D eigenvalue weighted by molar-refractivity contribution is -0.232. The van der Waals surface area contributed by atoms with E-state index < -0.39 is 88.4 Å². The van der Waals surface area contributed by atoms with Crippen molar-refractivity contribution in [3.63, 3.8) is 0 Å². The largest absolute Gasteiger partial charge is 0.507 e. The van der Waals surface area contributed by atoms with Crippen molar-refractivity contribution in [2.45, 2.75) is 50.3 Å². The number of aliphatic hydroxyl groups excluding tert-OH is 3. The molecule has 0 unspecified atom stereocenters. The molecule has 5 atom stereocenters. The van der Waals surface area contributed by atoms with Gasteiger partial charge in [-0.3, -0.25) is 4.79 Å². The highest BCUT2D eigenvalue weighted by Crippen LogP contribution is 2.46. The second-order valence-corrected chi connectivity index (χ2v) is 9.19. The van der Waals surface area contributed by atoms with Gasteiger partial charge in [0.1, 0.15) is 52.6 Å². The van der Waals surface area contributed by atoms with Crippen LogP contribution in [0.15, 0.2) is 33.5 Å². The molecule has 204 valence electrons. The molecule has 1 aliphatic heterocycles. The van der Waals surface area contributed by atoms with Crippen LogP contribution in [0.1, 0.15) is 47.6 Å². The summed E-state index contributed by atoms with van der Waals surface area (Å²) in [5, 5.41) is 81.2. The predicted molar refractivity (Wildman–Crippen MR) is 127 cm³/mol. The van der Waals surface area contributed by atoms with Crippen molar-refractivity contribution >= 4 is 16.9 Å². The number of aromatic hydroxyl groups is 5. The van der Waals surface area contributed by atoms with Crippen LogP contribution in [0.2, 0.25) is 0 Å². The van der Waals surface area contributed by atoms with E-state index in [1.165, 1.54) is 0 Å². The fourth-order valence-corrected chi connectivity index (χ4v) is 4.26. The van der Waals surface area contributed by atoms with Crippen molar-refractivity contribution in [1.82, 2.24) is 0 Å². The molecule has 2 aromatic carbocycles. The van der Waals surface area contributed by atoms with E-state index in [-0.39, 0.29) is 22.6 Å². The number of phenols is 5. The van der Waals surface area contributed by atoms with Gasteiger partial charge < -0.3 is 54.7 Å². The Morgan fingerprint density at radius 2 is 1.58 bits per heavy atom. The van der Waals surface area contributed by atoms with Gasteiger partial charge in [0.25, 0.3) is 0 Å². The quantitative estimate of drug-likeness (QED) is 0.168. The van der Waals surface area contributed by atoms with Gasteiger partial charge >= 0.3 is 5.97 Å². The normalized spacial score (nSPS) is 23.6. The Bertz CT molecular complexity index is 1420. The van der Waals surface area contributed by atoms with Crippen LogP contribution in [0.25, 0.3) is 11.0 Å². The van der Waals surface area contributed by atoms with Crippen molar-refractivity contribution in [2.75, 3.05) is 6.61 Å². The minimum Gasteiger partial charge on any atom is -0.507 e. The van der Waals surface area contributed by atoms with Gasteiger partial charge in [-0.2, -0.15) is 0 Å². The van der Waals surface area contributed by atoms with E-state index in [0.29, 0.717) is 0 Å². The standard InChI is InChI=1S/C25H26O13/c1-8(2)14-5-10(27)17-15(36-14)6-11(28)18(21(17)33)23-24(22(34)20(32)16(7-26)37-23)38-25(35)9-3-12(29)19(31)13(30)4-9/h3-6,8,16,20,22-24,26,28-34H,7H2,1-2H3/t16-,20-,22+,23+,24-/m1/s1. The molecule has 1 fully saturated rings. The van der Waals surface area contributed by atoms with E-state index in [4.69, 9.17) is 13.9 Å². The van der Waals surface area contributed by atoms with E-state index in [0.717, 1.165) is 24.3 Å². The first-order valence-corrected chi connectivity index (χ1v) is 11.5. The molecular weight excluding hydrogens is 508 g/mol. The number of rotatable bonds is 5. The molecule has 13 nitrogen and oxygen atoms in total. The average Bonchev–Trinajstić information content (AvgIpc) is 2.85. The Morgan fingerprint density at radius 1 is 0.947 bits per heavy atom. The highest BCUT2D eigenvalue weighted by molar-refractivity contribution is 5.91. The fraction of sp³-hybridized carbons (Fsp3) is 0.360. The van der Waals surface area contributed by atoms with Gasteiger partial charge in [-0.15, -0.1) is 0 Å². The third-order valence-electron chi connectivity index (χ3n) is 6.30. The van der Waals surface area contributed by atoms with Crippen molar-refractivity contribution in [1.29, 1.82) is 0 Å². The fourth-order valence-electron chi connectivity index (χ4n) is 4.26. The molecule has 1 aromatic heterocycles. The van der Waals surface area contributed by atoms with Crippen LogP contribution >= 0.6 is 0 Å². The number of hydrogen-bond donors (Lipinski definition) is 8. The van der Waals surface area contributed by atoms with Crippen LogP contribution < -0.4 is 5.43 Å². The van der Waals surface area contributed by atoms with Crippen LogP contribution in [-0.2, 0) is 9.47 Å². The summed E-state index contributed by atoms with van der Waals surface area (Å²) in [6, 6.07) is 3.71. The molecule has 3 aromatic rings. The first-order chi connectivity index (χ1) is 17.8. The lowest BCUT2D eigenvalue weighted by Gasteiger charge is -2.42. The zero-order valence-corrected chi connectivity index (χ0v) is 20.1. The lowest BCUT2D eigenvalue weighted by atomic mass is 9.89. The highest BCUT2D eigenvalue weighted by atomic mass is 16.6. The van der Waals surface area contributed by atoms with E-state index in [2.05, 4.69) is 0 Å². The van der Waals surface area contributed by atoms with Crippen molar-refractivity contribution in [3.8, 4) is 28.7 Å². The number of carbonyl (C=O) groups excluding carboxylic acids is 1. The predicted octanol–water partition coefficient (Wildman–Crippen LogP) is 0.824. The summed E-state index contributed by atoms with van der Waals surface area (Å²) >= 11 is 0. The molecule has 1 aliphatic rings. The van der Waals surface area contributed by atoms with Gasteiger partial charge in [0.05, 0.1) is 17.7 Å². The lowest BCUT2D eigenvalue weighted by Crippen LogP contribution is -2.56. The second-order valence-electron chi connectivity index (χ2n) is 9.19.